The largest absolute Gasteiger partial charge is 0.298 e. The molecule has 0 atom stereocenters. The van der Waals surface area contributed by atoms with E-state index in [1.807, 2.05) is 0 Å². The summed E-state index contributed by atoms with van der Waals surface area (Å²) in [5.74, 6) is 1.67. The summed E-state index contributed by atoms with van der Waals surface area (Å²) in [4.78, 5) is 28.5. The lowest BCUT2D eigenvalue weighted by molar-refractivity contribution is -0.104. The average Bonchev–Trinajstić information content (AvgIpc) is 2.30. The molecule has 0 saturated heterocycles. The maximum atomic E-state index is 10.8. The normalized spacial score (nSPS) is 21.2. The van der Waals surface area contributed by atoms with Crippen molar-refractivity contribution >= 4 is 30.8 Å². The van der Waals surface area contributed by atoms with E-state index in [9.17, 15) is 4.79 Å². The van der Waals surface area contributed by atoms with Crippen LogP contribution in [0.2, 0.25) is 0 Å². The van der Waals surface area contributed by atoms with Crippen LogP contribution in [0.3, 0.4) is 0 Å². The van der Waals surface area contributed by atoms with Crippen LogP contribution in [0.15, 0.2) is 43.5 Å². The summed E-state index contributed by atoms with van der Waals surface area (Å²) in [6.07, 6.45) is 6.97. The molecule has 0 aromatic carbocycles. The van der Waals surface area contributed by atoms with Crippen molar-refractivity contribution in [3.8, 4) is 0 Å². The van der Waals surface area contributed by atoms with Gasteiger partial charge in [-0.15, -0.1) is 0 Å². The number of carbonyl (C=O) groups is 1. The topological polar surface area (TPSA) is 69.7 Å². The van der Waals surface area contributed by atoms with Crippen LogP contribution < -0.4 is 0 Å². The maximum absolute atomic E-state index is 10.8. The summed E-state index contributed by atoms with van der Waals surface area (Å²) < 4.78 is 0. The van der Waals surface area contributed by atoms with Crippen LogP contribution in [0.25, 0.3) is 0 Å². The summed E-state index contributed by atoms with van der Waals surface area (Å²) in [5.41, 5.74) is 0.495. The molecule has 15 heavy (non-hydrogen) atoms. The van der Waals surface area contributed by atoms with Gasteiger partial charge in [0.2, 0.25) is 5.96 Å². The van der Waals surface area contributed by atoms with Crippen molar-refractivity contribution in [1.82, 2.24) is 4.90 Å². The van der Waals surface area contributed by atoms with Gasteiger partial charge >= 0.3 is 0 Å². The molecule has 0 bridgehead atoms. The Hall–Kier alpha value is -2.37. The summed E-state index contributed by atoms with van der Waals surface area (Å²) in [5, 5.41) is 0. The molecule has 0 aliphatic carbocycles. The van der Waals surface area contributed by atoms with Gasteiger partial charge in [0.25, 0.3) is 0 Å². The quantitative estimate of drug-likeness (QED) is 0.562. The third-order valence-electron chi connectivity index (χ3n) is 2.15. The first-order chi connectivity index (χ1) is 7.40. The van der Waals surface area contributed by atoms with Crippen molar-refractivity contribution in [3.63, 3.8) is 0 Å². The Kier molecular flexibility index (Phi) is 1.49. The highest BCUT2D eigenvalue weighted by Gasteiger charge is 2.29. The van der Waals surface area contributed by atoms with E-state index in [1.165, 1.54) is 12.7 Å². The smallest absolute Gasteiger partial charge is 0.240 e. The van der Waals surface area contributed by atoms with E-state index in [-0.39, 0.29) is 0 Å². The van der Waals surface area contributed by atoms with Gasteiger partial charge in [-0.1, -0.05) is 0 Å². The van der Waals surface area contributed by atoms with E-state index < -0.39 is 0 Å². The minimum atomic E-state index is 0.480. The van der Waals surface area contributed by atoms with Gasteiger partial charge in [0.15, 0.2) is 12.1 Å². The Bertz CT molecular complexity index is 521. The monoisotopic (exact) mass is 199 g/mol. The Balaban J connectivity index is 2.23. The molecule has 0 saturated carbocycles. The fourth-order valence-corrected chi connectivity index (χ4v) is 1.50. The molecule has 0 amide bonds. The fraction of sp³-hybridized carbons (Fsp3) is 0. The van der Waals surface area contributed by atoms with Crippen LogP contribution in [0.4, 0.5) is 0 Å². The van der Waals surface area contributed by atoms with E-state index in [4.69, 9.17) is 0 Å². The van der Waals surface area contributed by atoms with Crippen LogP contribution in [0.5, 0.6) is 0 Å². The third-order valence-corrected chi connectivity index (χ3v) is 2.15. The van der Waals surface area contributed by atoms with Crippen LogP contribution >= 0.6 is 0 Å². The molecule has 0 spiro atoms. The highest BCUT2D eigenvalue weighted by Crippen LogP contribution is 2.22. The predicted molar refractivity (Wildman–Crippen MR) is 55.9 cm³/mol. The number of carbonyl (C=O) groups excluding carboxylic acids is 1. The van der Waals surface area contributed by atoms with Crippen molar-refractivity contribution < 1.29 is 4.79 Å². The lowest BCUT2D eigenvalue weighted by atomic mass is 10.1. The summed E-state index contributed by atoms with van der Waals surface area (Å²) in [7, 11) is 0. The fourth-order valence-electron chi connectivity index (χ4n) is 1.50. The van der Waals surface area contributed by atoms with Crippen molar-refractivity contribution in [2.24, 2.45) is 20.0 Å². The van der Waals surface area contributed by atoms with Crippen LogP contribution in [-0.4, -0.2) is 35.7 Å². The number of nitrogens with zero attached hydrogens (tertiary/aromatic N) is 5. The van der Waals surface area contributed by atoms with E-state index in [1.54, 1.807) is 17.1 Å². The first-order valence-corrected chi connectivity index (χ1v) is 4.28. The van der Waals surface area contributed by atoms with Gasteiger partial charge in [0.1, 0.15) is 18.5 Å². The number of amidine groups is 1. The van der Waals surface area contributed by atoms with Crippen molar-refractivity contribution in [2.45, 2.75) is 0 Å². The highest BCUT2D eigenvalue weighted by atomic mass is 16.1. The minimum Gasteiger partial charge on any atom is -0.298 e. The van der Waals surface area contributed by atoms with Gasteiger partial charge in [-0.05, 0) is 12.2 Å². The molecule has 3 aliphatic rings. The molecule has 6 heteroatoms. The molecule has 0 fully saturated rings. The molecule has 0 N–H and O–H groups in total. The van der Waals surface area contributed by atoms with Crippen molar-refractivity contribution in [2.75, 3.05) is 0 Å². The second kappa shape index (κ2) is 2.81. The maximum Gasteiger partial charge on any atom is 0.240 e. The molecule has 3 aliphatic heterocycles. The van der Waals surface area contributed by atoms with E-state index in [0.717, 1.165) is 6.29 Å². The minimum absolute atomic E-state index is 0.480. The lowest BCUT2D eigenvalue weighted by Crippen LogP contribution is -2.41. The number of hydrogen-bond acceptors (Lipinski definition) is 6. The predicted octanol–water partition coefficient (Wildman–Crippen LogP) is 0.107. The SMILES string of the molecule is O=CC1=CC=C2N=CN=C3N=CN=C1N23. The van der Waals surface area contributed by atoms with Crippen molar-refractivity contribution in [1.29, 1.82) is 0 Å². The molecular weight excluding hydrogens is 194 g/mol. The second-order valence-corrected chi connectivity index (χ2v) is 2.97. The number of aldehydes is 1. The number of guanidine groups is 1. The highest BCUT2D eigenvalue weighted by molar-refractivity contribution is 6.25. The molecule has 3 heterocycles. The number of hydrogen-bond donors (Lipinski definition) is 0. The van der Waals surface area contributed by atoms with Gasteiger partial charge in [0, 0.05) is 0 Å². The molecule has 3 rings (SSSR count). The first kappa shape index (κ1) is 7.98. The Labute approximate surface area is 84.8 Å². The molecule has 0 aromatic rings. The summed E-state index contributed by atoms with van der Waals surface area (Å²) in [6.45, 7) is 0. The third kappa shape index (κ3) is 1.01. The zero-order valence-electron chi connectivity index (χ0n) is 7.53. The Morgan fingerprint density at radius 3 is 2.87 bits per heavy atom. The molecule has 6 nitrogen and oxygen atoms in total. The molecule has 0 radical (unpaired) electrons. The molecular formula is C9H5N5O. The van der Waals surface area contributed by atoms with E-state index in [2.05, 4.69) is 20.0 Å². The van der Waals surface area contributed by atoms with Crippen molar-refractivity contribution in [3.05, 3.63) is 23.5 Å². The van der Waals surface area contributed by atoms with Crippen LogP contribution in [0, 0.1) is 0 Å². The number of aliphatic imine (C=N–C) groups is 4. The second-order valence-electron chi connectivity index (χ2n) is 2.97. The lowest BCUT2D eigenvalue weighted by Gasteiger charge is -2.29. The molecule has 0 aromatic heterocycles. The Morgan fingerprint density at radius 2 is 2.00 bits per heavy atom. The average molecular weight is 199 g/mol. The van der Waals surface area contributed by atoms with Gasteiger partial charge in [-0.3, -0.25) is 4.79 Å². The van der Waals surface area contributed by atoms with Gasteiger partial charge < -0.3 is 0 Å². The van der Waals surface area contributed by atoms with Gasteiger partial charge in [-0.2, -0.15) is 0 Å². The molecule has 0 unspecified atom stereocenters. The summed E-state index contributed by atoms with van der Waals surface area (Å²) in [6, 6.07) is 0. The van der Waals surface area contributed by atoms with Crippen LogP contribution in [0.1, 0.15) is 0 Å². The number of allylic oxidation sites excluding steroid dienone is 2. The molecule has 72 valence electrons. The van der Waals surface area contributed by atoms with E-state index in [0.29, 0.717) is 23.2 Å². The summed E-state index contributed by atoms with van der Waals surface area (Å²) >= 11 is 0. The van der Waals surface area contributed by atoms with Crippen LogP contribution in [-0.2, 0) is 4.79 Å². The van der Waals surface area contributed by atoms with Gasteiger partial charge in [0.05, 0.1) is 5.57 Å². The standard InChI is InChI=1S/C9H5N5O/c15-3-6-1-2-7-10-4-12-9-13-5-11-8(6)14(7)9/h1-5H. The first-order valence-electron chi connectivity index (χ1n) is 4.28. The van der Waals surface area contributed by atoms with E-state index >= 15 is 0 Å². The van der Waals surface area contributed by atoms with Gasteiger partial charge in [-0.25, -0.2) is 24.9 Å². The Morgan fingerprint density at radius 1 is 1.13 bits per heavy atom. The zero-order chi connectivity index (χ0) is 10.3. The number of rotatable bonds is 1. The zero-order valence-corrected chi connectivity index (χ0v) is 7.53.